The van der Waals surface area contributed by atoms with Crippen LogP contribution in [-0.4, -0.2) is 43.9 Å². The largest absolute Gasteiger partial charge is 0.504 e. The van der Waals surface area contributed by atoms with Crippen LogP contribution in [-0.2, 0) is 6.54 Å². The van der Waals surface area contributed by atoms with E-state index in [1.54, 1.807) is 23.1 Å². The molecule has 0 amide bonds. The molecule has 8 heteroatoms. The van der Waals surface area contributed by atoms with Crippen molar-refractivity contribution in [2.24, 2.45) is 4.99 Å². The van der Waals surface area contributed by atoms with Crippen molar-refractivity contribution in [3.8, 4) is 11.5 Å². The fourth-order valence-corrected chi connectivity index (χ4v) is 3.41. The van der Waals surface area contributed by atoms with Crippen LogP contribution in [0.2, 0.25) is 0 Å². The molecule has 1 saturated heterocycles. The van der Waals surface area contributed by atoms with E-state index in [0.717, 1.165) is 6.42 Å². The lowest BCUT2D eigenvalue weighted by molar-refractivity contribution is 0.370. The lowest BCUT2D eigenvalue weighted by Crippen LogP contribution is -2.44. The Morgan fingerprint density at radius 2 is 1.97 bits per heavy atom. The van der Waals surface area contributed by atoms with Gasteiger partial charge >= 0.3 is 0 Å². The number of nitrogens with one attached hydrogen (secondary N) is 2. The third kappa shape index (κ3) is 4.88. The van der Waals surface area contributed by atoms with Gasteiger partial charge in [0, 0.05) is 31.2 Å². The van der Waals surface area contributed by atoms with Gasteiger partial charge in [0.05, 0.1) is 13.7 Å². The second-order valence-corrected chi connectivity index (χ2v) is 6.81. The van der Waals surface area contributed by atoms with Crippen molar-refractivity contribution in [1.29, 1.82) is 0 Å². The molecule has 2 aromatic carbocycles. The summed E-state index contributed by atoms with van der Waals surface area (Å²) >= 11 is 0. The number of hydrogen-bond acceptors (Lipinski definition) is 4. The molecular formula is C21H26F2N4O2. The van der Waals surface area contributed by atoms with Crippen LogP contribution >= 0.6 is 0 Å². The number of guanidine groups is 1. The van der Waals surface area contributed by atoms with Crippen LogP contribution in [0.4, 0.5) is 14.5 Å². The van der Waals surface area contributed by atoms with Crippen molar-refractivity contribution < 1.29 is 18.6 Å². The molecule has 156 valence electrons. The van der Waals surface area contributed by atoms with Crippen molar-refractivity contribution in [2.45, 2.75) is 25.9 Å². The number of hydrogen-bond donors (Lipinski definition) is 3. The van der Waals surface area contributed by atoms with Gasteiger partial charge in [-0.2, -0.15) is 0 Å². The summed E-state index contributed by atoms with van der Waals surface area (Å²) in [6.07, 6.45) is 0.725. The van der Waals surface area contributed by atoms with Crippen LogP contribution in [0.3, 0.4) is 0 Å². The summed E-state index contributed by atoms with van der Waals surface area (Å²) in [5, 5.41) is 16.7. The average molecular weight is 404 g/mol. The van der Waals surface area contributed by atoms with Gasteiger partial charge in [-0.15, -0.1) is 0 Å². The summed E-state index contributed by atoms with van der Waals surface area (Å²) in [5.74, 6) is -0.0688. The topological polar surface area (TPSA) is 69.1 Å². The number of benzene rings is 2. The van der Waals surface area contributed by atoms with E-state index >= 15 is 0 Å². The van der Waals surface area contributed by atoms with Crippen LogP contribution < -0.4 is 20.3 Å². The van der Waals surface area contributed by atoms with Gasteiger partial charge < -0.3 is 25.4 Å². The predicted molar refractivity (Wildman–Crippen MR) is 110 cm³/mol. The molecule has 1 aliphatic heterocycles. The summed E-state index contributed by atoms with van der Waals surface area (Å²) in [4.78, 5) is 6.24. The summed E-state index contributed by atoms with van der Waals surface area (Å²) in [5.41, 5.74) is 0.656. The lowest BCUT2D eigenvalue weighted by atomic mass is 10.2. The van der Waals surface area contributed by atoms with E-state index in [2.05, 4.69) is 15.6 Å². The Hall–Kier alpha value is -3.03. The Morgan fingerprint density at radius 1 is 1.24 bits per heavy atom. The Balaban J connectivity index is 1.67. The highest BCUT2D eigenvalue weighted by Crippen LogP contribution is 2.30. The molecule has 0 bridgehead atoms. The fourth-order valence-electron chi connectivity index (χ4n) is 3.41. The van der Waals surface area contributed by atoms with E-state index in [1.165, 1.54) is 25.3 Å². The van der Waals surface area contributed by atoms with Gasteiger partial charge in [-0.1, -0.05) is 18.2 Å². The van der Waals surface area contributed by atoms with E-state index in [1.807, 2.05) is 6.92 Å². The van der Waals surface area contributed by atoms with E-state index < -0.39 is 11.6 Å². The molecule has 29 heavy (non-hydrogen) atoms. The molecule has 1 heterocycles. The molecule has 2 aromatic rings. The number of aliphatic imine (C=N–C) groups is 1. The second kappa shape index (κ2) is 9.45. The average Bonchev–Trinajstić information content (AvgIpc) is 3.15. The highest BCUT2D eigenvalue weighted by molar-refractivity contribution is 5.80. The fraction of sp³-hybridized carbons (Fsp3) is 0.381. The smallest absolute Gasteiger partial charge is 0.191 e. The number of phenolic OH excluding ortho intramolecular Hbond substituents is 1. The van der Waals surface area contributed by atoms with Crippen molar-refractivity contribution in [3.05, 3.63) is 53.6 Å². The summed E-state index contributed by atoms with van der Waals surface area (Å²) in [7, 11) is 1.50. The van der Waals surface area contributed by atoms with Gasteiger partial charge in [0.25, 0.3) is 0 Å². The molecule has 0 spiro atoms. The maximum Gasteiger partial charge on any atom is 0.191 e. The Kier molecular flexibility index (Phi) is 6.74. The molecule has 6 nitrogen and oxygen atoms in total. The van der Waals surface area contributed by atoms with Crippen molar-refractivity contribution >= 4 is 11.6 Å². The standard InChI is InChI=1S/C21H26F2N4O2/c1-3-24-21(25-12-14-6-4-9-18(29-2)20(14)28)26-15-10-11-27(13-15)19-16(22)7-5-8-17(19)23/h4-9,15,28H,3,10-13H2,1-2H3,(H2,24,25,26). The molecule has 3 N–H and O–H groups in total. The van der Waals surface area contributed by atoms with E-state index in [0.29, 0.717) is 36.9 Å². The number of aromatic hydroxyl groups is 1. The van der Waals surface area contributed by atoms with Crippen LogP contribution in [0, 0.1) is 11.6 Å². The quantitative estimate of drug-likeness (QED) is 0.510. The van der Waals surface area contributed by atoms with Crippen molar-refractivity contribution in [1.82, 2.24) is 10.6 Å². The first-order valence-corrected chi connectivity index (χ1v) is 9.62. The van der Waals surface area contributed by atoms with Gasteiger partial charge in [0.2, 0.25) is 0 Å². The maximum absolute atomic E-state index is 14.0. The molecule has 0 saturated carbocycles. The van der Waals surface area contributed by atoms with Crippen LogP contribution in [0.5, 0.6) is 11.5 Å². The number of anilines is 1. The number of halogens is 2. The molecule has 0 aliphatic carbocycles. The first kappa shape index (κ1) is 20.7. The molecule has 3 rings (SSSR count). The maximum atomic E-state index is 14.0. The Labute approximate surface area is 169 Å². The van der Waals surface area contributed by atoms with Gasteiger partial charge in [0.1, 0.15) is 17.3 Å². The zero-order valence-corrected chi connectivity index (χ0v) is 16.6. The Bertz CT molecular complexity index is 856. The van der Waals surface area contributed by atoms with Gasteiger partial charge in [-0.3, -0.25) is 0 Å². The van der Waals surface area contributed by atoms with E-state index in [4.69, 9.17) is 4.74 Å². The number of ether oxygens (including phenoxy) is 1. The lowest BCUT2D eigenvalue weighted by Gasteiger charge is -2.21. The first-order chi connectivity index (χ1) is 14.0. The van der Waals surface area contributed by atoms with Crippen molar-refractivity contribution in [3.63, 3.8) is 0 Å². The van der Waals surface area contributed by atoms with Crippen LogP contribution in [0.15, 0.2) is 41.4 Å². The molecule has 0 radical (unpaired) electrons. The number of methoxy groups -OCH3 is 1. The summed E-state index contributed by atoms with van der Waals surface area (Å²) in [6, 6.07) is 9.15. The second-order valence-electron chi connectivity index (χ2n) is 6.81. The molecule has 1 aliphatic rings. The molecule has 0 aromatic heterocycles. The molecular weight excluding hydrogens is 378 g/mol. The highest BCUT2D eigenvalue weighted by Gasteiger charge is 2.27. The van der Waals surface area contributed by atoms with E-state index in [9.17, 15) is 13.9 Å². The first-order valence-electron chi connectivity index (χ1n) is 9.62. The summed E-state index contributed by atoms with van der Waals surface area (Å²) in [6.45, 7) is 3.89. The minimum absolute atomic E-state index is 0.00860. The minimum Gasteiger partial charge on any atom is -0.504 e. The monoisotopic (exact) mass is 404 g/mol. The van der Waals surface area contributed by atoms with Crippen LogP contribution in [0.25, 0.3) is 0 Å². The predicted octanol–water partition coefficient (Wildman–Crippen LogP) is 3.01. The zero-order valence-electron chi connectivity index (χ0n) is 16.6. The third-order valence-corrected chi connectivity index (χ3v) is 4.84. The number of rotatable bonds is 6. The van der Waals surface area contributed by atoms with E-state index in [-0.39, 0.29) is 24.0 Å². The van der Waals surface area contributed by atoms with Gasteiger partial charge in [-0.05, 0) is 31.5 Å². The molecule has 1 unspecified atom stereocenters. The number of nitrogens with zero attached hydrogens (tertiary/aromatic N) is 2. The SMILES string of the molecule is CCNC(=NCc1cccc(OC)c1O)NC1CCN(c2c(F)cccc2F)C1. The molecule has 1 atom stereocenters. The van der Waals surface area contributed by atoms with Crippen molar-refractivity contribution in [2.75, 3.05) is 31.6 Å². The zero-order chi connectivity index (χ0) is 20.8. The van der Waals surface area contributed by atoms with Gasteiger partial charge in [0.15, 0.2) is 17.5 Å². The number of phenols is 1. The molecule has 1 fully saturated rings. The highest BCUT2D eigenvalue weighted by atomic mass is 19.1. The van der Waals surface area contributed by atoms with Crippen LogP contribution in [0.1, 0.15) is 18.9 Å². The number of para-hydroxylation sites is 2. The normalized spacial score (nSPS) is 16.8. The van der Waals surface area contributed by atoms with Gasteiger partial charge in [-0.25, -0.2) is 13.8 Å². The third-order valence-electron chi connectivity index (χ3n) is 4.84. The summed E-state index contributed by atoms with van der Waals surface area (Å²) < 4.78 is 33.2. The Morgan fingerprint density at radius 3 is 2.66 bits per heavy atom. The minimum atomic E-state index is -0.556.